The Morgan fingerprint density at radius 3 is 2.52 bits per heavy atom. The molecule has 1 saturated carbocycles. The molecule has 6 nitrogen and oxygen atoms in total. The zero-order chi connectivity index (χ0) is 22.4. The van der Waals surface area contributed by atoms with E-state index >= 15 is 0 Å². The standard InChI is InChI=1S/C25H25NO5/c1-4-29-22(27)14-13-20-23(25(20,2)3)24(28)31-21(16-26)17-9-8-12-19(15-17)30-18-10-6-5-7-11-18/h5-15,20-21,23H,4H2,1-3H3/b14-13-/t20-,21+,23-/m0/s1. The lowest BCUT2D eigenvalue weighted by atomic mass is 10.1. The molecule has 0 N–H and O–H groups in total. The maximum atomic E-state index is 12.8. The SMILES string of the molecule is CCOC(=O)/C=C\[C@H]1[C@@H](C(=O)O[C@H](C#N)c2cccc(Oc3ccccc3)c2)C1(C)C. The highest BCUT2D eigenvalue weighted by Gasteiger charge is 2.61. The number of rotatable bonds is 8. The Bertz CT molecular complexity index is 1010. The second kappa shape index (κ2) is 9.48. The molecule has 0 radical (unpaired) electrons. The molecular weight excluding hydrogens is 394 g/mol. The average molecular weight is 419 g/mol. The Balaban J connectivity index is 1.67. The summed E-state index contributed by atoms with van der Waals surface area (Å²) < 4.78 is 16.2. The number of nitrogens with zero attached hydrogens (tertiary/aromatic N) is 1. The van der Waals surface area contributed by atoms with Crippen LogP contribution >= 0.6 is 0 Å². The van der Waals surface area contributed by atoms with Crippen molar-refractivity contribution in [2.45, 2.75) is 26.9 Å². The number of esters is 2. The summed E-state index contributed by atoms with van der Waals surface area (Å²) >= 11 is 0. The molecule has 0 saturated heterocycles. The van der Waals surface area contributed by atoms with Crippen LogP contribution in [0.25, 0.3) is 0 Å². The number of benzene rings is 2. The van der Waals surface area contributed by atoms with Gasteiger partial charge in [-0.15, -0.1) is 0 Å². The minimum Gasteiger partial charge on any atom is -0.463 e. The van der Waals surface area contributed by atoms with Crippen molar-refractivity contribution in [2.24, 2.45) is 17.3 Å². The van der Waals surface area contributed by atoms with Crippen molar-refractivity contribution in [2.75, 3.05) is 6.61 Å². The van der Waals surface area contributed by atoms with Gasteiger partial charge in [0.2, 0.25) is 6.10 Å². The van der Waals surface area contributed by atoms with Crippen LogP contribution in [0.2, 0.25) is 0 Å². The van der Waals surface area contributed by atoms with E-state index in [0.717, 1.165) is 0 Å². The third-order valence-electron chi connectivity index (χ3n) is 5.38. The molecule has 0 amide bonds. The van der Waals surface area contributed by atoms with Crippen LogP contribution < -0.4 is 4.74 Å². The normalized spacial score (nSPS) is 19.8. The first kappa shape index (κ1) is 22.1. The van der Waals surface area contributed by atoms with E-state index in [9.17, 15) is 14.9 Å². The van der Waals surface area contributed by atoms with E-state index in [-0.39, 0.29) is 11.3 Å². The van der Waals surface area contributed by atoms with Crippen LogP contribution in [0, 0.1) is 28.6 Å². The molecular formula is C25H25NO5. The largest absolute Gasteiger partial charge is 0.463 e. The molecule has 1 aliphatic rings. The third kappa shape index (κ3) is 5.32. The lowest BCUT2D eigenvalue weighted by Gasteiger charge is -2.13. The summed E-state index contributed by atoms with van der Waals surface area (Å²) in [7, 11) is 0. The van der Waals surface area contributed by atoms with E-state index in [1.165, 1.54) is 6.08 Å². The number of allylic oxidation sites excluding steroid dienone is 1. The zero-order valence-electron chi connectivity index (χ0n) is 17.8. The smallest absolute Gasteiger partial charge is 0.330 e. The summed E-state index contributed by atoms with van der Waals surface area (Å²) in [6.07, 6.45) is 1.97. The third-order valence-corrected chi connectivity index (χ3v) is 5.38. The average Bonchev–Trinajstić information content (AvgIpc) is 3.32. The van der Waals surface area contributed by atoms with Gasteiger partial charge in [0.05, 0.1) is 12.5 Å². The van der Waals surface area contributed by atoms with E-state index in [1.807, 2.05) is 50.2 Å². The predicted octanol–water partition coefficient (Wildman–Crippen LogP) is 4.98. The molecule has 0 bridgehead atoms. The van der Waals surface area contributed by atoms with Gasteiger partial charge in [0.25, 0.3) is 0 Å². The summed E-state index contributed by atoms with van der Waals surface area (Å²) in [6, 6.07) is 18.2. The summed E-state index contributed by atoms with van der Waals surface area (Å²) in [6.45, 7) is 5.87. The van der Waals surface area contributed by atoms with Gasteiger partial charge in [0.1, 0.15) is 17.6 Å². The number of hydrogen-bond donors (Lipinski definition) is 0. The minimum atomic E-state index is -1.06. The molecule has 6 heteroatoms. The van der Waals surface area contributed by atoms with Crippen molar-refractivity contribution in [1.29, 1.82) is 5.26 Å². The quantitative estimate of drug-likeness (QED) is 0.443. The van der Waals surface area contributed by atoms with Crippen molar-refractivity contribution in [3.8, 4) is 17.6 Å². The van der Waals surface area contributed by atoms with Crippen LogP contribution in [0.5, 0.6) is 11.5 Å². The molecule has 3 rings (SSSR count). The zero-order valence-corrected chi connectivity index (χ0v) is 17.8. The van der Waals surface area contributed by atoms with Crippen LogP contribution in [-0.2, 0) is 19.1 Å². The number of para-hydroxylation sites is 1. The lowest BCUT2D eigenvalue weighted by molar-refractivity contribution is -0.149. The van der Waals surface area contributed by atoms with Crippen LogP contribution in [0.15, 0.2) is 66.7 Å². The first-order valence-corrected chi connectivity index (χ1v) is 10.1. The van der Waals surface area contributed by atoms with Crippen LogP contribution in [0.4, 0.5) is 0 Å². The number of carbonyl (C=O) groups excluding carboxylic acids is 2. The minimum absolute atomic E-state index is 0.156. The van der Waals surface area contributed by atoms with Crippen molar-refractivity contribution >= 4 is 11.9 Å². The topological polar surface area (TPSA) is 85.6 Å². The van der Waals surface area contributed by atoms with Gasteiger partial charge in [-0.1, -0.05) is 50.3 Å². The van der Waals surface area contributed by atoms with E-state index in [4.69, 9.17) is 14.2 Å². The Labute approximate surface area is 182 Å². The lowest BCUT2D eigenvalue weighted by Crippen LogP contribution is -2.14. The van der Waals surface area contributed by atoms with Crippen molar-refractivity contribution in [3.05, 3.63) is 72.3 Å². The van der Waals surface area contributed by atoms with Gasteiger partial charge >= 0.3 is 11.9 Å². The number of ether oxygens (including phenoxy) is 3. The Morgan fingerprint density at radius 1 is 1.13 bits per heavy atom. The fraction of sp³-hybridized carbons (Fsp3) is 0.320. The Hall–Kier alpha value is -3.59. The van der Waals surface area contributed by atoms with Crippen LogP contribution in [-0.4, -0.2) is 18.5 Å². The molecule has 1 fully saturated rings. The van der Waals surface area contributed by atoms with Gasteiger partial charge in [-0.05, 0) is 42.5 Å². The predicted molar refractivity (Wildman–Crippen MR) is 114 cm³/mol. The molecule has 0 unspecified atom stereocenters. The molecule has 2 aromatic rings. The maximum absolute atomic E-state index is 12.8. The molecule has 0 spiro atoms. The fourth-order valence-electron chi connectivity index (χ4n) is 3.58. The number of carbonyl (C=O) groups is 2. The highest BCUT2D eigenvalue weighted by Crippen LogP contribution is 2.59. The summed E-state index contributed by atoms with van der Waals surface area (Å²) in [4.78, 5) is 24.3. The summed E-state index contributed by atoms with van der Waals surface area (Å²) in [5.74, 6) is -0.288. The second-order valence-electron chi connectivity index (χ2n) is 7.87. The second-order valence-corrected chi connectivity index (χ2v) is 7.87. The van der Waals surface area contributed by atoms with Crippen LogP contribution in [0.3, 0.4) is 0 Å². The monoisotopic (exact) mass is 419 g/mol. The maximum Gasteiger partial charge on any atom is 0.330 e. The van der Waals surface area contributed by atoms with Gasteiger partial charge in [0.15, 0.2) is 0 Å². The van der Waals surface area contributed by atoms with Gasteiger partial charge in [0, 0.05) is 11.6 Å². The highest BCUT2D eigenvalue weighted by molar-refractivity contribution is 5.83. The molecule has 31 heavy (non-hydrogen) atoms. The molecule has 0 aliphatic heterocycles. The number of nitriles is 1. The van der Waals surface area contributed by atoms with E-state index < -0.39 is 24.0 Å². The fourth-order valence-corrected chi connectivity index (χ4v) is 3.58. The van der Waals surface area contributed by atoms with Gasteiger partial charge < -0.3 is 14.2 Å². The first-order chi connectivity index (χ1) is 14.9. The van der Waals surface area contributed by atoms with Gasteiger partial charge in [-0.2, -0.15) is 5.26 Å². The van der Waals surface area contributed by atoms with Gasteiger partial charge in [-0.25, -0.2) is 4.79 Å². The number of hydrogen-bond acceptors (Lipinski definition) is 6. The van der Waals surface area contributed by atoms with E-state index in [1.54, 1.807) is 37.3 Å². The Morgan fingerprint density at radius 2 is 1.84 bits per heavy atom. The molecule has 1 aliphatic carbocycles. The van der Waals surface area contributed by atoms with Gasteiger partial charge in [-0.3, -0.25) is 4.79 Å². The van der Waals surface area contributed by atoms with Crippen molar-refractivity contribution < 1.29 is 23.8 Å². The highest BCUT2D eigenvalue weighted by atomic mass is 16.5. The molecule has 3 atom stereocenters. The van der Waals surface area contributed by atoms with E-state index in [0.29, 0.717) is 23.7 Å². The van der Waals surface area contributed by atoms with Crippen molar-refractivity contribution in [3.63, 3.8) is 0 Å². The molecule has 0 heterocycles. The van der Waals surface area contributed by atoms with Crippen molar-refractivity contribution in [1.82, 2.24) is 0 Å². The molecule has 2 aromatic carbocycles. The Kier molecular flexibility index (Phi) is 6.76. The summed E-state index contributed by atoms with van der Waals surface area (Å²) in [5, 5.41) is 9.60. The molecule has 0 aromatic heterocycles. The first-order valence-electron chi connectivity index (χ1n) is 10.1. The van der Waals surface area contributed by atoms with Crippen LogP contribution in [0.1, 0.15) is 32.4 Å². The summed E-state index contributed by atoms with van der Waals surface area (Å²) in [5.41, 5.74) is 0.166. The van der Waals surface area contributed by atoms with E-state index in [2.05, 4.69) is 0 Å². The molecule has 160 valence electrons.